The minimum absolute atomic E-state index is 0.0511. The molecule has 0 bridgehead atoms. The van der Waals surface area contributed by atoms with Gasteiger partial charge in [-0.2, -0.15) is 0 Å². The van der Waals surface area contributed by atoms with Crippen LogP contribution in [0.5, 0.6) is 0 Å². The van der Waals surface area contributed by atoms with Crippen molar-refractivity contribution in [2.45, 2.75) is 315 Å². The largest absolute Gasteiger partial charge is 0.462 e. The molecular formula is C62H113NO5. The Labute approximate surface area is 422 Å². The lowest BCUT2D eigenvalue weighted by atomic mass is 10.0. The Morgan fingerprint density at radius 2 is 0.779 bits per heavy atom. The van der Waals surface area contributed by atoms with Gasteiger partial charge in [0.05, 0.1) is 25.2 Å². The maximum Gasteiger partial charge on any atom is 0.306 e. The maximum absolute atomic E-state index is 13.3. The normalized spacial score (nSPS) is 13.5. The number of hydrogen-bond acceptors (Lipinski definition) is 5. The van der Waals surface area contributed by atoms with Gasteiger partial charge in [0.15, 0.2) is 0 Å². The summed E-state index contributed by atoms with van der Waals surface area (Å²) < 4.78 is 5.95. The summed E-state index contributed by atoms with van der Waals surface area (Å²) in [6.45, 7) is 6.42. The minimum atomic E-state index is -0.801. The van der Waals surface area contributed by atoms with Crippen LogP contribution in [0.4, 0.5) is 0 Å². The molecule has 0 spiro atoms. The number of aliphatic hydroxyl groups is 2. The molecule has 3 N–H and O–H groups in total. The van der Waals surface area contributed by atoms with E-state index in [-0.39, 0.29) is 24.9 Å². The van der Waals surface area contributed by atoms with Crippen LogP contribution in [0.3, 0.4) is 0 Å². The van der Waals surface area contributed by atoms with E-state index < -0.39 is 18.2 Å². The quantitative estimate of drug-likeness (QED) is 0.0321. The fraction of sp³-hybridized carbons (Fsp3) is 0.806. The first-order valence-corrected chi connectivity index (χ1v) is 29.6. The summed E-state index contributed by atoms with van der Waals surface area (Å²) >= 11 is 0. The molecule has 0 aliphatic heterocycles. The number of ether oxygens (including phenoxy) is 1. The van der Waals surface area contributed by atoms with E-state index in [4.69, 9.17) is 4.74 Å². The average molecular weight is 953 g/mol. The summed E-state index contributed by atoms with van der Waals surface area (Å²) in [5.74, 6) is -0.504. The Morgan fingerprint density at radius 3 is 1.19 bits per heavy atom. The molecule has 0 heterocycles. The van der Waals surface area contributed by atoms with E-state index in [0.717, 1.165) is 70.6 Å². The number of hydrogen-bond donors (Lipinski definition) is 3. The van der Waals surface area contributed by atoms with Gasteiger partial charge in [-0.3, -0.25) is 9.59 Å². The number of unbranched alkanes of at least 4 members (excludes halogenated alkanes) is 35. The Morgan fingerprint density at radius 1 is 0.426 bits per heavy atom. The second-order valence-electron chi connectivity index (χ2n) is 20.2. The molecule has 0 aromatic carbocycles. The topological polar surface area (TPSA) is 95.9 Å². The van der Waals surface area contributed by atoms with Gasteiger partial charge in [-0.05, 0) is 44.9 Å². The van der Waals surface area contributed by atoms with Gasteiger partial charge in [0.2, 0.25) is 5.91 Å². The Bertz CT molecular complexity index is 1210. The van der Waals surface area contributed by atoms with Crippen molar-refractivity contribution in [1.82, 2.24) is 5.32 Å². The molecule has 0 saturated heterocycles. The van der Waals surface area contributed by atoms with Crippen LogP contribution < -0.4 is 5.32 Å². The number of aliphatic hydroxyl groups excluding tert-OH is 2. The lowest BCUT2D eigenvalue weighted by molar-refractivity contribution is -0.151. The van der Waals surface area contributed by atoms with Crippen LogP contribution in [0, 0.1) is 0 Å². The zero-order valence-electron chi connectivity index (χ0n) is 45.2. The molecule has 0 aliphatic carbocycles. The number of rotatable bonds is 53. The predicted octanol–water partition coefficient (Wildman–Crippen LogP) is 18.4. The van der Waals surface area contributed by atoms with Gasteiger partial charge in [0.25, 0.3) is 0 Å². The number of allylic oxidation sites excluding steroid dienone is 10. The van der Waals surface area contributed by atoms with E-state index in [9.17, 15) is 19.8 Å². The van der Waals surface area contributed by atoms with Gasteiger partial charge in [-0.15, -0.1) is 0 Å². The Hall–Kier alpha value is -2.44. The molecule has 0 aliphatic rings. The van der Waals surface area contributed by atoms with Gasteiger partial charge in [-0.1, -0.05) is 300 Å². The summed E-state index contributed by atoms with van der Waals surface area (Å²) in [5, 5.41) is 23.9. The van der Waals surface area contributed by atoms with E-state index in [1.165, 1.54) is 180 Å². The molecule has 3 atom stereocenters. The summed E-state index contributed by atoms with van der Waals surface area (Å²) in [5.41, 5.74) is 0. The highest BCUT2D eigenvalue weighted by atomic mass is 16.5. The molecule has 68 heavy (non-hydrogen) atoms. The summed E-state index contributed by atoms with van der Waals surface area (Å²) in [6.07, 6.45) is 70.0. The second-order valence-corrected chi connectivity index (χ2v) is 20.2. The van der Waals surface area contributed by atoms with Crippen LogP contribution in [0.25, 0.3) is 0 Å². The van der Waals surface area contributed by atoms with Gasteiger partial charge in [0.1, 0.15) is 6.10 Å². The average Bonchev–Trinajstić information content (AvgIpc) is 3.33. The first-order chi connectivity index (χ1) is 33.5. The van der Waals surface area contributed by atoms with Crippen molar-refractivity contribution in [3.63, 3.8) is 0 Å². The number of carbonyl (C=O) groups is 2. The zero-order valence-corrected chi connectivity index (χ0v) is 45.2. The third kappa shape index (κ3) is 50.0. The number of nitrogens with one attached hydrogen (secondary N) is 1. The summed E-state index contributed by atoms with van der Waals surface area (Å²) in [6, 6.07) is -0.717. The molecule has 0 saturated carbocycles. The predicted molar refractivity (Wildman–Crippen MR) is 296 cm³/mol. The van der Waals surface area contributed by atoms with Crippen LogP contribution >= 0.6 is 0 Å². The third-order valence-corrected chi connectivity index (χ3v) is 13.5. The van der Waals surface area contributed by atoms with Gasteiger partial charge in [-0.25, -0.2) is 0 Å². The highest BCUT2D eigenvalue weighted by Crippen LogP contribution is 2.19. The van der Waals surface area contributed by atoms with Crippen molar-refractivity contribution in [3.05, 3.63) is 60.8 Å². The molecule has 0 aromatic heterocycles. The monoisotopic (exact) mass is 952 g/mol. The minimum Gasteiger partial charge on any atom is -0.462 e. The van der Waals surface area contributed by atoms with E-state index >= 15 is 0 Å². The lowest BCUT2D eigenvalue weighted by Gasteiger charge is -2.24. The number of amides is 1. The van der Waals surface area contributed by atoms with Crippen LogP contribution in [0.2, 0.25) is 0 Å². The van der Waals surface area contributed by atoms with E-state index in [1.54, 1.807) is 0 Å². The van der Waals surface area contributed by atoms with E-state index in [1.807, 2.05) is 30.4 Å². The standard InChI is InChI=1S/C62H113NO5/c1-4-7-10-13-16-19-22-25-28-31-33-36-39-42-45-48-51-54-60(65)59(57-64)63-61(66)56-58(53-50-47-44-41-38-35-32-29-26-23-20-17-14-11-8-5-2)68-62(67)55-52-49-46-43-40-37-34-30-27-24-21-18-15-12-9-6-3/h11,14,17,20,23,26,29,32,35,38,58-60,64-65H,4-10,12-13,15-16,18-19,21-22,24-25,27-28,30-31,33-34,36-37,39-57H2,1-3H3,(H,63,66)/b14-11+,20-17+,26-23+,32-29+,38-35+. The molecule has 1 amide bonds. The van der Waals surface area contributed by atoms with Crippen LogP contribution in [-0.4, -0.2) is 46.9 Å². The van der Waals surface area contributed by atoms with Crippen molar-refractivity contribution in [2.75, 3.05) is 6.61 Å². The smallest absolute Gasteiger partial charge is 0.306 e. The van der Waals surface area contributed by atoms with Gasteiger partial charge in [0, 0.05) is 6.42 Å². The molecule has 6 heteroatoms. The molecule has 0 fully saturated rings. The van der Waals surface area contributed by atoms with Crippen molar-refractivity contribution < 1.29 is 24.5 Å². The van der Waals surface area contributed by atoms with Crippen molar-refractivity contribution in [2.24, 2.45) is 0 Å². The molecular weight excluding hydrogens is 839 g/mol. The first kappa shape index (κ1) is 65.6. The maximum atomic E-state index is 13.3. The Balaban J connectivity index is 4.60. The molecule has 3 unspecified atom stereocenters. The van der Waals surface area contributed by atoms with Crippen molar-refractivity contribution in [3.8, 4) is 0 Å². The summed E-state index contributed by atoms with van der Waals surface area (Å²) in [7, 11) is 0. The highest BCUT2D eigenvalue weighted by molar-refractivity contribution is 5.77. The molecule has 0 radical (unpaired) electrons. The third-order valence-electron chi connectivity index (χ3n) is 13.5. The number of esters is 1. The fourth-order valence-electron chi connectivity index (χ4n) is 8.99. The fourth-order valence-corrected chi connectivity index (χ4v) is 8.99. The second kappa shape index (κ2) is 55.5. The van der Waals surface area contributed by atoms with Crippen LogP contribution in [0.1, 0.15) is 297 Å². The van der Waals surface area contributed by atoms with E-state index in [0.29, 0.717) is 19.3 Å². The van der Waals surface area contributed by atoms with Crippen molar-refractivity contribution in [1.29, 1.82) is 0 Å². The van der Waals surface area contributed by atoms with Gasteiger partial charge < -0.3 is 20.3 Å². The first-order valence-electron chi connectivity index (χ1n) is 29.6. The van der Waals surface area contributed by atoms with Crippen molar-refractivity contribution >= 4 is 11.9 Å². The molecule has 396 valence electrons. The highest BCUT2D eigenvalue weighted by Gasteiger charge is 2.24. The Kier molecular flexibility index (Phi) is 53.5. The van der Waals surface area contributed by atoms with E-state index in [2.05, 4.69) is 56.5 Å². The van der Waals surface area contributed by atoms with Crippen LogP contribution in [-0.2, 0) is 14.3 Å². The summed E-state index contributed by atoms with van der Waals surface area (Å²) in [4.78, 5) is 26.3. The zero-order chi connectivity index (χ0) is 49.5. The lowest BCUT2D eigenvalue weighted by Crippen LogP contribution is -2.46. The molecule has 6 nitrogen and oxygen atoms in total. The SMILES string of the molecule is CCC/C=C/C=C/C=C/C=C/C=C/CCCCCC(CC(=O)NC(CO)C(O)CCCCCCCCCCCCCCCCCCC)OC(=O)CCCCCCCCCCCCCCCCCC. The number of carbonyl (C=O) groups excluding carboxylic acids is 2. The van der Waals surface area contributed by atoms with Gasteiger partial charge >= 0.3 is 5.97 Å². The molecule has 0 aromatic rings. The molecule has 0 rings (SSSR count). The van der Waals surface area contributed by atoms with Crippen LogP contribution in [0.15, 0.2) is 60.8 Å².